The molecule has 0 saturated carbocycles. The number of benzene rings is 1. The summed E-state index contributed by atoms with van der Waals surface area (Å²) >= 11 is 0. The smallest absolute Gasteiger partial charge is 0.316 e. The first kappa shape index (κ1) is 51.2. The predicted octanol–water partition coefficient (Wildman–Crippen LogP) is -6.77. The van der Waals surface area contributed by atoms with Crippen molar-refractivity contribution in [3.63, 3.8) is 0 Å². The van der Waals surface area contributed by atoms with Gasteiger partial charge in [-0.1, -0.05) is 18.2 Å². The van der Waals surface area contributed by atoms with Crippen LogP contribution in [0, 0.1) is 5.92 Å². The van der Waals surface area contributed by atoms with Gasteiger partial charge in [-0.3, -0.25) is 9.69 Å². The zero-order chi connectivity index (χ0) is 42.2. The Balaban J connectivity index is 0.000000269. The van der Waals surface area contributed by atoms with E-state index in [4.69, 9.17) is 23.7 Å². The molecule has 3 saturated heterocycles. The maximum Gasteiger partial charge on any atom is 0.316 e. The molecule has 0 bridgehead atoms. The van der Waals surface area contributed by atoms with Crippen LogP contribution < -0.4 is 0 Å². The largest absolute Gasteiger partial charge is 0.394 e. The summed E-state index contributed by atoms with van der Waals surface area (Å²) in [5.41, 5.74) is 5.21. The maximum atomic E-state index is 12.9. The zero-order valence-corrected chi connectivity index (χ0v) is 32.4. The average Bonchev–Trinajstić information content (AvgIpc) is 3.65. The second-order valence-corrected chi connectivity index (χ2v) is 15.3. The minimum absolute atomic E-state index is 0. The molecule has 5 aliphatic rings. The summed E-state index contributed by atoms with van der Waals surface area (Å²) in [6.07, 6.45) is -19.7. The van der Waals surface area contributed by atoms with Crippen molar-refractivity contribution in [1.82, 2.24) is 14.8 Å². The summed E-state index contributed by atoms with van der Waals surface area (Å²) in [6, 6.07) is 6.82. The highest BCUT2D eigenvalue weighted by Gasteiger charge is 2.53. The minimum Gasteiger partial charge on any atom is -0.394 e. The molecule has 60 heavy (non-hydrogen) atoms. The number of aliphatic hydroxyl groups excluding tert-OH is 11. The number of likely N-dealkylation sites (N-methyl/N-ethyl adjacent to an activating group) is 1. The molecular formula is C38H62AlMgN3O17. The van der Waals surface area contributed by atoms with Crippen molar-refractivity contribution in [2.75, 3.05) is 46.5 Å². The van der Waals surface area contributed by atoms with Gasteiger partial charge in [0, 0.05) is 42.8 Å². The van der Waals surface area contributed by atoms with E-state index in [0.717, 1.165) is 26.1 Å². The lowest BCUT2D eigenvalue weighted by Gasteiger charge is -2.47. The molecule has 1 aliphatic carbocycles. The van der Waals surface area contributed by atoms with Gasteiger partial charge in [0.1, 0.15) is 73.2 Å². The van der Waals surface area contributed by atoms with Gasteiger partial charge in [0.2, 0.25) is 5.91 Å². The van der Waals surface area contributed by atoms with Crippen LogP contribution in [0.5, 0.6) is 0 Å². The van der Waals surface area contributed by atoms with Gasteiger partial charge in [-0.15, -0.1) is 0 Å². The fourth-order valence-corrected chi connectivity index (χ4v) is 8.43. The molecule has 0 spiro atoms. The topological polar surface area (TPSA) is 308 Å². The van der Waals surface area contributed by atoms with Crippen LogP contribution in [0.4, 0.5) is 0 Å². The van der Waals surface area contributed by atoms with Crippen molar-refractivity contribution in [2.45, 2.75) is 118 Å². The fourth-order valence-electron chi connectivity index (χ4n) is 8.43. The monoisotopic (exact) mass is 883 g/mol. The van der Waals surface area contributed by atoms with Gasteiger partial charge in [-0.25, -0.2) is 0 Å². The fraction of sp³-hybridized carbons (Fsp3) is 0.711. The van der Waals surface area contributed by atoms with Crippen molar-refractivity contribution in [1.29, 1.82) is 0 Å². The molecule has 1 aromatic heterocycles. The van der Waals surface area contributed by atoms with Gasteiger partial charge < -0.3 is 89.7 Å². The molecule has 20 nitrogen and oxygen atoms in total. The first-order valence-electron chi connectivity index (χ1n) is 19.5. The lowest BCUT2D eigenvalue weighted by molar-refractivity contribution is -0.377. The van der Waals surface area contributed by atoms with E-state index in [1.54, 1.807) is 0 Å². The number of aliphatic hydroxyl groups is 11. The number of rotatable bonds is 10. The Morgan fingerprint density at radius 3 is 1.92 bits per heavy atom. The number of carbonyl (C=O) groups excluding carboxylic acids is 1. The van der Waals surface area contributed by atoms with Gasteiger partial charge in [0.05, 0.1) is 25.7 Å². The Bertz CT molecular complexity index is 1720. The van der Waals surface area contributed by atoms with E-state index in [9.17, 15) is 61.0 Å². The lowest BCUT2D eigenvalue weighted by atomic mass is 9.79. The molecular weight excluding hydrogens is 822 g/mol. The summed E-state index contributed by atoms with van der Waals surface area (Å²) in [5, 5.41) is 110. The molecule has 3 fully saturated rings. The van der Waals surface area contributed by atoms with Crippen LogP contribution in [-0.2, 0) is 34.9 Å². The number of hydrogen-bond donors (Lipinski definition) is 12. The number of fused-ring (bicyclic) bond motifs is 2. The van der Waals surface area contributed by atoms with Crippen LogP contribution in [0.2, 0.25) is 0 Å². The van der Waals surface area contributed by atoms with Crippen molar-refractivity contribution in [2.24, 2.45) is 5.92 Å². The third kappa shape index (κ3) is 10.1. The first-order valence-corrected chi connectivity index (χ1v) is 19.5. The third-order valence-corrected chi connectivity index (χ3v) is 11.8. The van der Waals surface area contributed by atoms with Crippen LogP contribution >= 0.6 is 0 Å². The number of carbonyl (C=O) groups is 1. The number of nitrogens with zero attached hydrogens (tertiary/aromatic N) is 2. The number of nitrogens with one attached hydrogen (secondary N) is 1. The number of hydrogen-bond acceptors (Lipinski definition) is 18. The second-order valence-electron chi connectivity index (χ2n) is 15.3. The van der Waals surface area contributed by atoms with E-state index in [1.807, 2.05) is 4.90 Å². The van der Waals surface area contributed by atoms with Gasteiger partial charge in [0.25, 0.3) is 0 Å². The number of amides is 1. The molecule has 4 aliphatic heterocycles. The van der Waals surface area contributed by atoms with Crippen LogP contribution in [0.1, 0.15) is 25.0 Å². The molecule has 2 aromatic rings. The quantitative estimate of drug-likeness (QED) is 0.0988. The molecule has 1 aromatic carbocycles. The van der Waals surface area contributed by atoms with Crippen molar-refractivity contribution >= 4 is 62.8 Å². The van der Waals surface area contributed by atoms with E-state index >= 15 is 0 Å². The Labute approximate surface area is 373 Å². The van der Waals surface area contributed by atoms with Crippen LogP contribution in [0.25, 0.3) is 16.5 Å². The molecule has 336 valence electrons. The summed E-state index contributed by atoms with van der Waals surface area (Å²) in [6.45, 7) is 4.14. The van der Waals surface area contributed by atoms with Crippen LogP contribution in [0.3, 0.4) is 0 Å². The normalized spacial score (nSPS) is 39.0. The highest BCUT2D eigenvalue weighted by Crippen LogP contribution is 2.41. The van der Waals surface area contributed by atoms with E-state index in [2.05, 4.69) is 61.3 Å². The van der Waals surface area contributed by atoms with Gasteiger partial charge >= 0.3 is 23.1 Å². The SMILES string of the molecule is CCN(CC)C(=O)[C@@H]1C=C2c3cccc4[nH]cc(c34)C[C@H]2N(C)C1.OCC1OC(OC2C(CO)OC(OC3C(CO)OC(O)C(O)C3O)C(O)C2O)C(O)C(O)C1O.[AlH3].[MgH2]. The number of aromatic nitrogens is 1. The summed E-state index contributed by atoms with van der Waals surface area (Å²) in [7, 11) is 2.15. The summed E-state index contributed by atoms with van der Waals surface area (Å²) in [4.78, 5) is 20.6. The van der Waals surface area contributed by atoms with Crippen molar-refractivity contribution < 1.29 is 84.7 Å². The first-order chi connectivity index (χ1) is 27.7. The summed E-state index contributed by atoms with van der Waals surface area (Å²) in [5.74, 6) is 0.210. The van der Waals surface area contributed by atoms with E-state index < -0.39 is 112 Å². The number of aromatic amines is 1. The van der Waals surface area contributed by atoms with Crippen molar-refractivity contribution in [3.05, 3.63) is 41.6 Å². The van der Waals surface area contributed by atoms with Crippen LogP contribution in [-0.4, -0.2) is 262 Å². The molecule has 17 atom stereocenters. The Hall–Kier alpha value is -1.41. The third-order valence-electron chi connectivity index (χ3n) is 11.8. The van der Waals surface area contributed by atoms with Crippen LogP contribution in [0.15, 0.2) is 30.5 Å². The molecule has 0 radical (unpaired) electrons. The number of H-pyrrole nitrogens is 1. The highest BCUT2D eigenvalue weighted by molar-refractivity contribution is 5.99. The zero-order valence-electron chi connectivity index (χ0n) is 32.4. The van der Waals surface area contributed by atoms with Gasteiger partial charge in [-0.05, 0) is 50.1 Å². The second kappa shape index (κ2) is 22.0. The standard InChI is InChI=1S/C20H25N3O.C18H32O16.Al.Mg.5H/c1-4-23(5-2)20(24)14-9-16-15-7-6-8-17-19(15)13(11-21-17)10-18(16)22(3)12-14;19-1-4-7(22)8(23)12(27)17(31-4)34-15-6(3-21)32-18(13(28)10(15)25)33-14-5(2-20)30-16(29)11(26)9(14)24;;;;;;;/h6-9,11,14,18,21H,4-5,10,12H2,1-3H3;4-29H,1-3H2;;;;;;;/t14-,18-;;;;;;;;/m1......../s1. The molecule has 5 heterocycles. The molecule has 12 N–H and O–H groups in total. The average molecular weight is 884 g/mol. The molecule has 15 unspecified atom stereocenters. The Kier molecular flexibility index (Phi) is 18.8. The lowest BCUT2D eigenvalue weighted by Crippen LogP contribution is -2.66. The molecule has 1 amide bonds. The molecule has 22 heteroatoms. The summed E-state index contributed by atoms with van der Waals surface area (Å²) < 4.78 is 26.4. The predicted molar refractivity (Wildman–Crippen MR) is 218 cm³/mol. The van der Waals surface area contributed by atoms with E-state index in [0.29, 0.717) is 6.04 Å². The van der Waals surface area contributed by atoms with E-state index in [1.165, 1.54) is 27.6 Å². The number of ether oxygens (including phenoxy) is 5. The van der Waals surface area contributed by atoms with Gasteiger partial charge in [-0.2, -0.15) is 0 Å². The van der Waals surface area contributed by atoms with Crippen molar-refractivity contribution in [3.8, 4) is 0 Å². The highest BCUT2D eigenvalue weighted by atomic mass is 27.0. The maximum absolute atomic E-state index is 12.9. The van der Waals surface area contributed by atoms with E-state index in [-0.39, 0.29) is 52.2 Å². The molecule has 7 rings (SSSR count). The van der Waals surface area contributed by atoms with Gasteiger partial charge in [0.15, 0.2) is 36.2 Å². The minimum atomic E-state index is -1.91. The Morgan fingerprint density at radius 1 is 0.783 bits per heavy atom. The Morgan fingerprint density at radius 2 is 1.33 bits per heavy atom.